The molecule has 0 radical (unpaired) electrons. The molecule has 0 bridgehead atoms. The van der Waals surface area contributed by atoms with Crippen molar-refractivity contribution in [1.82, 2.24) is 0 Å². The minimum atomic E-state index is -4.65. The highest BCUT2D eigenvalue weighted by Crippen LogP contribution is 2.34. The lowest BCUT2D eigenvalue weighted by Crippen LogP contribution is -2.30. The zero-order valence-electron chi connectivity index (χ0n) is 16.6. The Morgan fingerprint density at radius 3 is 2.41 bits per heavy atom. The molecule has 10 heteroatoms. The van der Waals surface area contributed by atoms with Crippen LogP contribution in [0.5, 0.6) is 0 Å². The highest BCUT2D eigenvalue weighted by atomic mass is 32.1. The van der Waals surface area contributed by atoms with Gasteiger partial charge >= 0.3 is 12.1 Å². The second-order valence-electron chi connectivity index (χ2n) is 6.59. The molecule has 3 rings (SSSR count). The number of para-hydroxylation sites is 1. The van der Waals surface area contributed by atoms with Crippen LogP contribution in [0, 0.1) is 0 Å². The van der Waals surface area contributed by atoms with Gasteiger partial charge in [0.25, 0.3) is 11.8 Å². The Hall–Kier alpha value is -3.66. The fraction of sp³-hybridized carbons (Fsp3) is 0.136. The van der Waals surface area contributed by atoms with Gasteiger partial charge in [-0.25, -0.2) is 4.79 Å². The van der Waals surface area contributed by atoms with Gasteiger partial charge in [0.15, 0.2) is 6.10 Å². The molecule has 1 heterocycles. The lowest BCUT2D eigenvalue weighted by molar-refractivity contribution is -0.137. The molecule has 1 unspecified atom stereocenters. The van der Waals surface area contributed by atoms with Crippen molar-refractivity contribution in [2.45, 2.75) is 19.2 Å². The normalized spacial score (nSPS) is 12.0. The number of hydrogen-bond acceptors (Lipinski definition) is 5. The van der Waals surface area contributed by atoms with Crippen molar-refractivity contribution in [2.24, 2.45) is 0 Å². The Labute approximate surface area is 185 Å². The van der Waals surface area contributed by atoms with Crippen LogP contribution in [0.3, 0.4) is 0 Å². The number of anilines is 2. The van der Waals surface area contributed by atoms with Crippen molar-refractivity contribution in [1.29, 1.82) is 0 Å². The molecule has 0 aliphatic rings. The molecule has 0 fully saturated rings. The number of esters is 1. The number of thiophene rings is 1. The number of hydrogen-bond donors (Lipinski definition) is 2. The maximum Gasteiger partial charge on any atom is 0.418 e. The summed E-state index contributed by atoms with van der Waals surface area (Å²) in [6, 6.07) is 13.8. The van der Waals surface area contributed by atoms with Crippen molar-refractivity contribution >= 4 is 40.5 Å². The van der Waals surface area contributed by atoms with Crippen molar-refractivity contribution in [3.8, 4) is 0 Å². The van der Waals surface area contributed by atoms with Crippen LogP contribution < -0.4 is 10.6 Å². The van der Waals surface area contributed by atoms with E-state index in [0.717, 1.165) is 12.1 Å². The van der Waals surface area contributed by atoms with Crippen LogP contribution in [-0.2, 0) is 15.7 Å². The summed E-state index contributed by atoms with van der Waals surface area (Å²) in [5.41, 5.74) is -1.05. The molecule has 0 saturated carbocycles. The predicted octanol–water partition coefficient (Wildman–Crippen LogP) is 5.20. The third-order valence-electron chi connectivity index (χ3n) is 4.24. The molecule has 0 saturated heterocycles. The first-order valence-electron chi connectivity index (χ1n) is 9.28. The summed E-state index contributed by atoms with van der Waals surface area (Å²) in [5.74, 6) is -2.14. The van der Waals surface area contributed by atoms with E-state index in [1.165, 1.54) is 48.6 Å². The molecule has 2 aromatic carbocycles. The van der Waals surface area contributed by atoms with Crippen LogP contribution in [0.2, 0.25) is 0 Å². The van der Waals surface area contributed by atoms with Gasteiger partial charge < -0.3 is 15.4 Å². The number of rotatable bonds is 6. The maximum atomic E-state index is 13.1. The van der Waals surface area contributed by atoms with E-state index in [1.54, 1.807) is 23.6 Å². The molecule has 0 aliphatic heterocycles. The number of nitrogens with one attached hydrogen (secondary N) is 2. The number of amides is 2. The van der Waals surface area contributed by atoms with Crippen molar-refractivity contribution in [2.75, 3.05) is 10.6 Å². The SMILES string of the molecule is CC(OC(=O)c1cccc(NC(=O)c2cccs2)c1)C(=O)Nc1ccccc1C(F)(F)F. The zero-order chi connectivity index (χ0) is 23.3. The topological polar surface area (TPSA) is 84.5 Å². The molecule has 6 nitrogen and oxygen atoms in total. The third kappa shape index (κ3) is 5.73. The van der Waals surface area contributed by atoms with Crippen molar-refractivity contribution in [3.05, 3.63) is 82.0 Å². The van der Waals surface area contributed by atoms with E-state index in [-0.39, 0.29) is 11.5 Å². The fourth-order valence-electron chi connectivity index (χ4n) is 2.68. The van der Waals surface area contributed by atoms with E-state index in [9.17, 15) is 27.6 Å². The van der Waals surface area contributed by atoms with Gasteiger partial charge in [-0.1, -0.05) is 24.3 Å². The number of alkyl halides is 3. The standard InChI is InChI=1S/C22H17F3N2O4S/c1-13(19(28)27-17-9-3-2-8-16(17)22(23,24)25)31-21(30)14-6-4-7-15(12-14)26-20(29)18-10-5-11-32-18/h2-13H,1H3,(H,26,29)(H,27,28). The quantitative estimate of drug-likeness (QED) is 0.493. The molecule has 1 atom stereocenters. The Kier molecular flexibility index (Phi) is 6.94. The second kappa shape index (κ2) is 9.65. The molecule has 0 aliphatic carbocycles. The number of halogens is 3. The maximum absolute atomic E-state index is 13.1. The van der Waals surface area contributed by atoms with Crippen molar-refractivity contribution < 1.29 is 32.3 Å². The molecule has 166 valence electrons. The summed E-state index contributed by atoms with van der Waals surface area (Å²) in [7, 11) is 0. The number of carbonyl (C=O) groups is 3. The molecular weight excluding hydrogens is 445 g/mol. The van der Waals surface area contributed by atoms with Gasteiger partial charge in [0.1, 0.15) is 0 Å². The average molecular weight is 462 g/mol. The van der Waals surface area contributed by atoms with Gasteiger partial charge in [0.2, 0.25) is 0 Å². The van der Waals surface area contributed by atoms with E-state index in [0.29, 0.717) is 10.6 Å². The highest BCUT2D eigenvalue weighted by Gasteiger charge is 2.34. The smallest absolute Gasteiger partial charge is 0.418 e. The molecule has 0 spiro atoms. The first kappa shape index (κ1) is 23.0. The van der Waals surface area contributed by atoms with Crippen LogP contribution in [0.4, 0.5) is 24.5 Å². The second-order valence-corrected chi connectivity index (χ2v) is 7.54. The van der Waals surface area contributed by atoms with Crippen LogP contribution in [0.1, 0.15) is 32.5 Å². The van der Waals surface area contributed by atoms with Crippen LogP contribution >= 0.6 is 11.3 Å². The van der Waals surface area contributed by atoms with Crippen LogP contribution in [0.15, 0.2) is 66.0 Å². The van der Waals surface area contributed by atoms with E-state index in [2.05, 4.69) is 10.6 Å². The average Bonchev–Trinajstić information content (AvgIpc) is 3.28. The first-order valence-corrected chi connectivity index (χ1v) is 10.2. The Balaban J connectivity index is 1.64. The van der Waals surface area contributed by atoms with E-state index >= 15 is 0 Å². The summed E-state index contributed by atoms with van der Waals surface area (Å²) >= 11 is 1.26. The van der Waals surface area contributed by atoms with E-state index < -0.39 is 35.4 Å². The highest BCUT2D eigenvalue weighted by molar-refractivity contribution is 7.12. The molecular formula is C22H17F3N2O4S. The summed E-state index contributed by atoms with van der Waals surface area (Å²) < 4.78 is 44.3. The molecule has 32 heavy (non-hydrogen) atoms. The van der Waals surface area contributed by atoms with E-state index in [1.807, 2.05) is 0 Å². The Bertz CT molecular complexity index is 1130. The van der Waals surface area contributed by atoms with Gasteiger partial charge in [-0.15, -0.1) is 11.3 Å². The fourth-order valence-corrected chi connectivity index (χ4v) is 3.30. The van der Waals surface area contributed by atoms with Gasteiger partial charge in [-0.2, -0.15) is 13.2 Å². The van der Waals surface area contributed by atoms with Gasteiger partial charge in [-0.3, -0.25) is 9.59 Å². The minimum absolute atomic E-state index is 0.0596. The molecule has 1 aromatic heterocycles. The lowest BCUT2D eigenvalue weighted by Gasteiger charge is -2.17. The summed E-state index contributed by atoms with van der Waals surface area (Å²) in [6.45, 7) is 1.24. The largest absolute Gasteiger partial charge is 0.449 e. The van der Waals surface area contributed by atoms with Crippen LogP contribution in [0.25, 0.3) is 0 Å². The third-order valence-corrected chi connectivity index (χ3v) is 5.11. The predicted molar refractivity (Wildman–Crippen MR) is 114 cm³/mol. The Morgan fingerprint density at radius 1 is 0.969 bits per heavy atom. The lowest BCUT2D eigenvalue weighted by atomic mass is 10.1. The minimum Gasteiger partial charge on any atom is -0.449 e. The summed E-state index contributed by atoms with van der Waals surface area (Å²) in [4.78, 5) is 37.3. The van der Waals surface area contributed by atoms with E-state index in [4.69, 9.17) is 4.74 Å². The number of carbonyl (C=O) groups excluding carboxylic acids is 3. The number of benzene rings is 2. The van der Waals surface area contributed by atoms with Crippen LogP contribution in [-0.4, -0.2) is 23.9 Å². The molecule has 3 aromatic rings. The number of ether oxygens (including phenoxy) is 1. The first-order chi connectivity index (χ1) is 15.1. The van der Waals surface area contributed by atoms with Gasteiger partial charge in [-0.05, 0) is 48.7 Å². The van der Waals surface area contributed by atoms with Crippen molar-refractivity contribution in [3.63, 3.8) is 0 Å². The van der Waals surface area contributed by atoms with Gasteiger partial charge in [0.05, 0.1) is 21.7 Å². The monoisotopic (exact) mass is 462 g/mol. The Morgan fingerprint density at radius 2 is 1.72 bits per heavy atom. The summed E-state index contributed by atoms with van der Waals surface area (Å²) in [5, 5.41) is 6.53. The van der Waals surface area contributed by atoms with Gasteiger partial charge in [0, 0.05) is 5.69 Å². The molecule has 2 amide bonds. The zero-order valence-corrected chi connectivity index (χ0v) is 17.4. The molecule has 2 N–H and O–H groups in total. The summed E-state index contributed by atoms with van der Waals surface area (Å²) in [6.07, 6.45) is -6.02.